The van der Waals surface area contributed by atoms with Crippen LogP contribution in [0, 0.1) is 0 Å². The molecule has 1 aliphatic carbocycles. The monoisotopic (exact) mass is 365 g/mol. The van der Waals surface area contributed by atoms with Crippen LogP contribution in [0.2, 0.25) is 0 Å². The molecule has 142 valence electrons. The lowest BCUT2D eigenvalue weighted by molar-refractivity contribution is 0.0927. The first-order valence-electron chi connectivity index (χ1n) is 10.0. The number of anilines is 3. The standard InChI is InChI=1S/C21H27N5O/c27-20(24-17-6-2-1-3-7-17)16-14-22-21(23-15-16)25-18-8-10-19(11-9-18)26-12-4-5-13-26/h8-11,14-15,17H,1-7,12-13H2,(H,24,27)(H,22,23,25). The van der Waals surface area contributed by atoms with Crippen LogP contribution < -0.4 is 15.5 Å². The van der Waals surface area contributed by atoms with Gasteiger partial charge in [0.25, 0.3) is 5.91 Å². The van der Waals surface area contributed by atoms with Crippen LogP contribution in [0.25, 0.3) is 0 Å². The van der Waals surface area contributed by atoms with Crippen LogP contribution in [0.4, 0.5) is 17.3 Å². The minimum absolute atomic E-state index is 0.0802. The van der Waals surface area contributed by atoms with Crippen LogP contribution in [0.5, 0.6) is 0 Å². The first-order valence-corrected chi connectivity index (χ1v) is 10.0. The van der Waals surface area contributed by atoms with E-state index in [2.05, 4.69) is 37.6 Å². The fourth-order valence-electron chi connectivity index (χ4n) is 3.89. The third-order valence-electron chi connectivity index (χ3n) is 5.45. The van der Waals surface area contributed by atoms with Crippen molar-refractivity contribution in [2.75, 3.05) is 23.3 Å². The molecule has 6 nitrogen and oxygen atoms in total. The van der Waals surface area contributed by atoms with E-state index in [1.807, 2.05) is 12.1 Å². The Bertz CT molecular complexity index is 747. The highest BCUT2D eigenvalue weighted by Crippen LogP contribution is 2.23. The van der Waals surface area contributed by atoms with Gasteiger partial charge in [0.05, 0.1) is 5.56 Å². The number of hydrogen-bond acceptors (Lipinski definition) is 5. The van der Waals surface area contributed by atoms with Crippen LogP contribution in [0.1, 0.15) is 55.3 Å². The maximum absolute atomic E-state index is 12.3. The summed E-state index contributed by atoms with van der Waals surface area (Å²) in [7, 11) is 0. The van der Waals surface area contributed by atoms with Gasteiger partial charge in [0.2, 0.25) is 5.95 Å². The van der Waals surface area contributed by atoms with Gasteiger partial charge in [-0.05, 0) is 49.9 Å². The van der Waals surface area contributed by atoms with Crippen molar-refractivity contribution >= 4 is 23.2 Å². The van der Waals surface area contributed by atoms with Gasteiger partial charge in [-0.2, -0.15) is 0 Å². The first kappa shape index (κ1) is 17.8. The molecule has 2 N–H and O–H groups in total. The van der Waals surface area contributed by atoms with E-state index >= 15 is 0 Å². The molecule has 0 unspecified atom stereocenters. The minimum Gasteiger partial charge on any atom is -0.372 e. The van der Waals surface area contributed by atoms with Crippen LogP contribution in [0.3, 0.4) is 0 Å². The lowest BCUT2D eigenvalue weighted by Gasteiger charge is -2.22. The largest absolute Gasteiger partial charge is 0.372 e. The minimum atomic E-state index is -0.0802. The van der Waals surface area contributed by atoms with Gasteiger partial charge in [-0.25, -0.2) is 9.97 Å². The molecule has 0 spiro atoms. The van der Waals surface area contributed by atoms with E-state index in [0.29, 0.717) is 11.5 Å². The molecule has 1 saturated heterocycles. The lowest BCUT2D eigenvalue weighted by atomic mass is 9.95. The van der Waals surface area contributed by atoms with Gasteiger partial charge in [0.1, 0.15) is 0 Å². The highest BCUT2D eigenvalue weighted by Gasteiger charge is 2.17. The van der Waals surface area contributed by atoms with E-state index in [4.69, 9.17) is 0 Å². The zero-order chi connectivity index (χ0) is 18.5. The molecule has 2 aromatic rings. The molecule has 0 bridgehead atoms. The quantitative estimate of drug-likeness (QED) is 0.841. The van der Waals surface area contributed by atoms with Gasteiger partial charge >= 0.3 is 0 Å². The third kappa shape index (κ3) is 4.56. The fraction of sp³-hybridized carbons (Fsp3) is 0.476. The molecule has 0 atom stereocenters. The zero-order valence-electron chi connectivity index (χ0n) is 15.7. The van der Waals surface area contributed by atoms with Crippen LogP contribution >= 0.6 is 0 Å². The van der Waals surface area contributed by atoms with E-state index in [9.17, 15) is 4.79 Å². The highest BCUT2D eigenvalue weighted by molar-refractivity contribution is 5.93. The summed E-state index contributed by atoms with van der Waals surface area (Å²) in [5.74, 6) is 0.418. The van der Waals surface area contributed by atoms with Gasteiger partial charge in [-0.15, -0.1) is 0 Å². The molecule has 2 aliphatic rings. The van der Waals surface area contributed by atoms with Crippen LogP contribution in [-0.2, 0) is 0 Å². The summed E-state index contributed by atoms with van der Waals surface area (Å²) in [6.45, 7) is 2.28. The van der Waals surface area contributed by atoms with Crippen molar-refractivity contribution in [1.29, 1.82) is 0 Å². The number of amides is 1. The Morgan fingerprint density at radius 3 is 2.26 bits per heavy atom. The number of aromatic nitrogens is 2. The Morgan fingerprint density at radius 2 is 1.59 bits per heavy atom. The molecule has 1 aromatic heterocycles. The molecule has 1 amide bonds. The number of carbonyl (C=O) groups excluding carboxylic acids is 1. The van der Waals surface area contributed by atoms with E-state index in [1.165, 1.54) is 37.8 Å². The maximum atomic E-state index is 12.3. The maximum Gasteiger partial charge on any atom is 0.254 e. The fourth-order valence-corrected chi connectivity index (χ4v) is 3.89. The molecule has 2 heterocycles. The summed E-state index contributed by atoms with van der Waals surface area (Å²) in [5, 5.41) is 6.29. The molecule has 1 saturated carbocycles. The second-order valence-electron chi connectivity index (χ2n) is 7.47. The lowest BCUT2D eigenvalue weighted by Crippen LogP contribution is -2.36. The van der Waals surface area contributed by atoms with E-state index < -0.39 is 0 Å². The van der Waals surface area contributed by atoms with Gasteiger partial charge in [0, 0.05) is 42.9 Å². The van der Waals surface area contributed by atoms with E-state index in [0.717, 1.165) is 31.6 Å². The Kier molecular flexibility index (Phi) is 5.51. The molecular weight excluding hydrogens is 338 g/mol. The summed E-state index contributed by atoms with van der Waals surface area (Å²) in [4.78, 5) is 23.3. The van der Waals surface area contributed by atoms with Crippen molar-refractivity contribution in [3.05, 3.63) is 42.2 Å². The average molecular weight is 365 g/mol. The molecule has 4 rings (SSSR count). The van der Waals surface area contributed by atoms with Crippen molar-refractivity contribution in [3.8, 4) is 0 Å². The summed E-state index contributed by atoms with van der Waals surface area (Å²) in [6, 6.07) is 8.62. The smallest absolute Gasteiger partial charge is 0.254 e. The van der Waals surface area contributed by atoms with Gasteiger partial charge < -0.3 is 15.5 Å². The van der Waals surface area contributed by atoms with Crippen molar-refractivity contribution in [2.24, 2.45) is 0 Å². The Labute approximate surface area is 160 Å². The highest BCUT2D eigenvalue weighted by atomic mass is 16.1. The van der Waals surface area contributed by atoms with Crippen LogP contribution in [-0.4, -0.2) is 35.0 Å². The molecule has 1 aromatic carbocycles. The second kappa shape index (κ2) is 8.37. The number of nitrogens with zero attached hydrogens (tertiary/aromatic N) is 3. The predicted octanol–water partition coefficient (Wildman–Crippen LogP) is 3.88. The molecule has 27 heavy (non-hydrogen) atoms. The third-order valence-corrected chi connectivity index (χ3v) is 5.45. The normalized spacial score (nSPS) is 17.7. The number of benzene rings is 1. The van der Waals surface area contributed by atoms with Crippen molar-refractivity contribution in [3.63, 3.8) is 0 Å². The van der Waals surface area contributed by atoms with Gasteiger partial charge in [0.15, 0.2) is 0 Å². The molecule has 6 heteroatoms. The first-order chi connectivity index (χ1) is 13.3. The van der Waals surface area contributed by atoms with Crippen LogP contribution in [0.15, 0.2) is 36.7 Å². The summed E-state index contributed by atoms with van der Waals surface area (Å²) < 4.78 is 0. The molecule has 2 fully saturated rings. The van der Waals surface area contributed by atoms with E-state index in [-0.39, 0.29) is 11.9 Å². The summed E-state index contributed by atoms with van der Waals surface area (Å²) in [5.41, 5.74) is 2.71. The zero-order valence-corrected chi connectivity index (χ0v) is 15.7. The summed E-state index contributed by atoms with van der Waals surface area (Å²) >= 11 is 0. The van der Waals surface area contributed by atoms with Crippen molar-refractivity contribution < 1.29 is 4.79 Å². The summed E-state index contributed by atoms with van der Waals surface area (Å²) in [6.07, 6.45) is 11.5. The Hall–Kier alpha value is -2.63. The average Bonchev–Trinajstić information content (AvgIpc) is 3.25. The topological polar surface area (TPSA) is 70.2 Å². The Morgan fingerprint density at radius 1 is 0.926 bits per heavy atom. The number of nitrogens with one attached hydrogen (secondary N) is 2. The SMILES string of the molecule is O=C(NC1CCCCC1)c1cnc(Nc2ccc(N3CCCC3)cc2)nc1. The van der Waals surface area contributed by atoms with Crippen molar-refractivity contribution in [2.45, 2.75) is 51.0 Å². The van der Waals surface area contributed by atoms with E-state index in [1.54, 1.807) is 12.4 Å². The van der Waals surface area contributed by atoms with Gasteiger partial charge in [-0.1, -0.05) is 19.3 Å². The van der Waals surface area contributed by atoms with Gasteiger partial charge in [-0.3, -0.25) is 4.79 Å². The molecule has 0 radical (unpaired) electrons. The molecular formula is C21H27N5O. The number of carbonyl (C=O) groups is 1. The molecule has 1 aliphatic heterocycles. The van der Waals surface area contributed by atoms with Crippen molar-refractivity contribution in [1.82, 2.24) is 15.3 Å². The number of rotatable bonds is 5. The predicted molar refractivity (Wildman–Crippen MR) is 108 cm³/mol. The number of hydrogen-bond donors (Lipinski definition) is 2. The Balaban J connectivity index is 1.33. The second-order valence-corrected chi connectivity index (χ2v) is 7.47.